The summed E-state index contributed by atoms with van der Waals surface area (Å²) in [5.74, 6) is 0.725. The van der Waals surface area contributed by atoms with Gasteiger partial charge in [-0.3, -0.25) is 0 Å². The molecule has 0 aliphatic rings. The van der Waals surface area contributed by atoms with Crippen LogP contribution in [-0.2, 0) is 6.42 Å². The second-order valence-corrected chi connectivity index (χ2v) is 12.5. The normalized spacial score (nSPS) is 11.2. The second kappa shape index (κ2) is 5.32. The minimum Gasteiger partial charge on any atom is -0.106 e. The van der Waals surface area contributed by atoms with Gasteiger partial charge in [0.25, 0.3) is 0 Å². The highest BCUT2D eigenvalue weighted by Crippen LogP contribution is 2.11. The Labute approximate surface area is 97.5 Å². The summed E-state index contributed by atoms with van der Waals surface area (Å²) in [7, 11) is 0. The van der Waals surface area contributed by atoms with Crippen LogP contribution >= 0.6 is 30.6 Å². The van der Waals surface area contributed by atoms with Crippen molar-refractivity contribution in [2.45, 2.75) is 20.3 Å². The molecule has 0 amide bonds. The standard InChI is InChI=1S/C10H13Br2Si/c1-8(2)7-9-5-3-4-6-10(9)13(11)12/h3-6,8H,7H2,1-2H3. The van der Waals surface area contributed by atoms with E-state index in [2.05, 4.69) is 68.7 Å². The van der Waals surface area contributed by atoms with Crippen molar-refractivity contribution in [1.82, 2.24) is 0 Å². The molecule has 0 fully saturated rings. The van der Waals surface area contributed by atoms with E-state index >= 15 is 0 Å². The van der Waals surface area contributed by atoms with Crippen molar-refractivity contribution in [2.75, 3.05) is 0 Å². The fourth-order valence-electron chi connectivity index (χ4n) is 1.32. The maximum Gasteiger partial charge on any atom is 0.249 e. The molecule has 3 heteroatoms. The summed E-state index contributed by atoms with van der Waals surface area (Å²) in [6, 6.07) is 7.99. The number of hydrogen-bond acceptors (Lipinski definition) is 0. The summed E-state index contributed by atoms with van der Waals surface area (Å²) in [6.45, 7) is 4.51. The lowest BCUT2D eigenvalue weighted by Crippen LogP contribution is -2.22. The Bertz CT molecular complexity index is 271. The van der Waals surface area contributed by atoms with Crippen LogP contribution in [0.4, 0.5) is 0 Å². The van der Waals surface area contributed by atoms with Crippen LogP contribution in [0.5, 0.6) is 0 Å². The molecule has 0 aliphatic heterocycles. The number of benzene rings is 1. The third-order valence-electron chi connectivity index (χ3n) is 1.85. The molecule has 0 N–H and O–H groups in total. The molecule has 0 aromatic heterocycles. The van der Waals surface area contributed by atoms with Crippen molar-refractivity contribution in [1.29, 1.82) is 0 Å². The summed E-state index contributed by atoms with van der Waals surface area (Å²) < 4.78 is 0. The Morgan fingerprint density at radius 1 is 1.23 bits per heavy atom. The van der Waals surface area contributed by atoms with Crippen LogP contribution in [0.3, 0.4) is 0 Å². The number of hydrogen-bond donors (Lipinski definition) is 0. The van der Waals surface area contributed by atoms with Crippen molar-refractivity contribution in [3.05, 3.63) is 29.8 Å². The first-order valence-corrected chi connectivity index (χ1v) is 10.4. The molecule has 1 aromatic carbocycles. The van der Waals surface area contributed by atoms with Crippen LogP contribution in [0.1, 0.15) is 19.4 Å². The second-order valence-electron chi connectivity index (χ2n) is 3.52. The zero-order chi connectivity index (χ0) is 9.84. The minimum atomic E-state index is -0.662. The summed E-state index contributed by atoms with van der Waals surface area (Å²) in [5.41, 5.74) is 1.47. The monoisotopic (exact) mass is 319 g/mol. The predicted octanol–water partition coefficient (Wildman–Crippen LogP) is 3.37. The van der Waals surface area contributed by atoms with E-state index in [4.69, 9.17) is 0 Å². The zero-order valence-electron chi connectivity index (χ0n) is 7.85. The highest BCUT2D eigenvalue weighted by Gasteiger charge is 2.11. The average Bonchev–Trinajstić information content (AvgIpc) is 2.03. The van der Waals surface area contributed by atoms with Gasteiger partial charge in [0, 0.05) is 0 Å². The van der Waals surface area contributed by atoms with Gasteiger partial charge in [-0.2, -0.15) is 0 Å². The van der Waals surface area contributed by atoms with Crippen molar-refractivity contribution in [2.24, 2.45) is 5.92 Å². The third kappa shape index (κ3) is 3.56. The predicted molar refractivity (Wildman–Crippen MR) is 68.2 cm³/mol. The minimum absolute atomic E-state index is 0.662. The highest BCUT2D eigenvalue weighted by molar-refractivity contribution is 9.49. The van der Waals surface area contributed by atoms with Crippen molar-refractivity contribution >= 4 is 41.8 Å². The summed E-state index contributed by atoms with van der Waals surface area (Å²) in [6.07, 6.45) is 1.17. The van der Waals surface area contributed by atoms with Crippen LogP contribution in [0, 0.1) is 5.92 Å². The van der Waals surface area contributed by atoms with Gasteiger partial charge in [0.2, 0.25) is 6.04 Å². The van der Waals surface area contributed by atoms with E-state index < -0.39 is 6.04 Å². The molecule has 13 heavy (non-hydrogen) atoms. The zero-order valence-corrected chi connectivity index (χ0v) is 12.0. The fourth-order valence-corrected chi connectivity index (χ4v) is 4.29. The molecule has 1 rings (SSSR count). The fraction of sp³-hybridized carbons (Fsp3) is 0.400. The molecule has 0 saturated carbocycles. The molecule has 71 valence electrons. The quantitative estimate of drug-likeness (QED) is 0.591. The van der Waals surface area contributed by atoms with Crippen LogP contribution in [0.25, 0.3) is 0 Å². The molecule has 1 radical (unpaired) electrons. The Morgan fingerprint density at radius 3 is 2.38 bits per heavy atom. The number of rotatable bonds is 3. The first-order chi connectivity index (χ1) is 6.11. The van der Waals surface area contributed by atoms with Gasteiger partial charge in [-0.1, -0.05) is 38.1 Å². The van der Waals surface area contributed by atoms with Gasteiger partial charge in [0.05, 0.1) is 0 Å². The van der Waals surface area contributed by atoms with E-state index in [0.717, 1.165) is 5.92 Å². The van der Waals surface area contributed by atoms with Crippen LogP contribution in [-0.4, -0.2) is 6.04 Å². The average molecular weight is 321 g/mol. The summed E-state index contributed by atoms with van der Waals surface area (Å²) in [5, 5.41) is 1.45. The van der Waals surface area contributed by atoms with E-state index in [1.54, 1.807) is 0 Å². The summed E-state index contributed by atoms with van der Waals surface area (Å²) >= 11 is 7.28. The molecule has 0 heterocycles. The maximum atomic E-state index is 3.64. The third-order valence-corrected chi connectivity index (χ3v) is 5.31. The van der Waals surface area contributed by atoms with Gasteiger partial charge < -0.3 is 0 Å². The lowest BCUT2D eigenvalue weighted by molar-refractivity contribution is 0.649. The first-order valence-electron chi connectivity index (χ1n) is 4.37. The SMILES string of the molecule is CC(C)Cc1ccccc1[Si](Br)Br. The molecule has 1 aromatic rings. The largest absolute Gasteiger partial charge is 0.249 e. The van der Waals surface area contributed by atoms with Gasteiger partial charge >= 0.3 is 0 Å². The number of halogens is 2. The Hall–Kier alpha value is 0.397. The molecular weight excluding hydrogens is 308 g/mol. The van der Waals surface area contributed by atoms with Gasteiger partial charge in [-0.05, 0) is 23.1 Å². The molecule has 0 saturated heterocycles. The van der Waals surface area contributed by atoms with E-state index in [-0.39, 0.29) is 0 Å². The molecular formula is C10H13Br2Si. The van der Waals surface area contributed by atoms with Gasteiger partial charge in [0.15, 0.2) is 0 Å². The smallest absolute Gasteiger partial charge is 0.106 e. The molecule has 0 nitrogen and oxygen atoms in total. The summed E-state index contributed by atoms with van der Waals surface area (Å²) in [4.78, 5) is 0. The van der Waals surface area contributed by atoms with Gasteiger partial charge in [-0.15, -0.1) is 30.6 Å². The van der Waals surface area contributed by atoms with Crippen LogP contribution < -0.4 is 5.19 Å². The van der Waals surface area contributed by atoms with E-state index in [1.165, 1.54) is 17.2 Å². The Balaban J connectivity index is 2.91. The van der Waals surface area contributed by atoms with Crippen LogP contribution in [0.2, 0.25) is 0 Å². The van der Waals surface area contributed by atoms with Crippen molar-refractivity contribution in [3.8, 4) is 0 Å². The maximum absolute atomic E-state index is 3.64. The van der Waals surface area contributed by atoms with Gasteiger partial charge in [0.1, 0.15) is 0 Å². The molecule has 0 spiro atoms. The Morgan fingerprint density at radius 2 is 1.85 bits per heavy atom. The van der Waals surface area contributed by atoms with Gasteiger partial charge in [-0.25, -0.2) is 0 Å². The molecule has 0 atom stereocenters. The van der Waals surface area contributed by atoms with Crippen molar-refractivity contribution < 1.29 is 0 Å². The Kier molecular flexibility index (Phi) is 4.69. The molecule has 0 aliphatic carbocycles. The first kappa shape index (κ1) is 11.5. The van der Waals surface area contributed by atoms with E-state index in [9.17, 15) is 0 Å². The van der Waals surface area contributed by atoms with E-state index in [0.29, 0.717) is 0 Å². The molecule has 0 bridgehead atoms. The van der Waals surface area contributed by atoms with Crippen LogP contribution in [0.15, 0.2) is 24.3 Å². The molecule has 0 unspecified atom stereocenters. The lowest BCUT2D eigenvalue weighted by Gasteiger charge is -2.10. The van der Waals surface area contributed by atoms with Crippen molar-refractivity contribution in [3.63, 3.8) is 0 Å². The lowest BCUT2D eigenvalue weighted by atomic mass is 10.0. The highest BCUT2D eigenvalue weighted by atomic mass is 79.9. The topological polar surface area (TPSA) is 0 Å². The van der Waals surface area contributed by atoms with E-state index in [1.807, 2.05) is 0 Å².